The maximum atomic E-state index is 14.8. The van der Waals surface area contributed by atoms with Gasteiger partial charge in [-0.2, -0.15) is 0 Å². The Labute approximate surface area is 270 Å². The molecule has 7 nitrogen and oxygen atoms in total. The van der Waals surface area contributed by atoms with Gasteiger partial charge in [-0.05, 0) is 57.2 Å². The first-order valence-corrected chi connectivity index (χ1v) is 16.8. The van der Waals surface area contributed by atoms with E-state index in [1.165, 1.54) is 6.42 Å². The molecule has 1 saturated carbocycles. The summed E-state index contributed by atoms with van der Waals surface area (Å²) in [5, 5.41) is 6.12. The molecule has 1 fully saturated rings. The maximum absolute atomic E-state index is 14.8. The number of amides is 3. The highest BCUT2D eigenvalue weighted by Gasteiger charge is 2.37. The molecule has 2 aromatic rings. The summed E-state index contributed by atoms with van der Waals surface area (Å²) in [7, 11) is 0. The number of hydrogen-bond donors (Lipinski definition) is 2. The number of ether oxygens (including phenoxy) is 1. The van der Waals surface area contributed by atoms with Crippen molar-refractivity contribution in [2.24, 2.45) is 0 Å². The first kappa shape index (κ1) is 35.7. The van der Waals surface area contributed by atoms with Gasteiger partial charge in [-0.25, -0.2) is 4.79 Å². The fourth-order valence-electron chi connectivity index (χ4n) is 5.97. The van der Waals surface area contributed by atoms with Crippen LogP contribution in [0.3, 0.4) is 0 Å². The minimum absolute atomic E-state index is 0.0535. The molecular formula is C38H53N3O4. The lowest BCUT2D eigenvalue weighted by Crippen LogP contribution is -2.54. The van der Waals surface area contributed by atoms with E-state index in [0.717, 1.165) is 69.8 Å². The third-order valence-electron chi connectivity index (χ3n) is 8.23. The van der Waals surface area contributed by atoms with Crippen LogP contribution in [0.2, 0.25) is 0 Å². The van der Waals surface area contributed by atoms with Crippen LogP contribution in [0.25, 0.3) is 0 Å². The van der Waals surface area contributed by atoms with Crippen molar-refractivity contribution in [3.05, 3.63) is 71.3 Å². The Morgan fingerprint density at radius 2 is 1.58 bits per heavy atom. The lowest BCUT2D eigenvalue weighted by Gasteiger charge is -2.36. The molecule has 0 radical (unpaired) electrons. The van der Waals surface area contributed by atoms with Gasteiger partial charge in [0.05, 0.1) is 0 Å². The average molecular weight is 616 g/mol. The molecule has 2 N–H and O–H groups in total. The van der Waals surface area contributed by atoms with Gasteiger partial charge in [-0.3, -0.25) is 9.59 Å². The molecule has 2 atom stereocenters. The summed E-state index contributed by atoms with van der Waals surface area (Å²) in [5.41, 5.74) is 1.33. The van der Waals surface area contributed by atoms with Gasteiger partial charge in [0, 0.05) is 24.6 Å². The number of alkyl carbamates (subject to hydrolysis) is 1. The number of rotatable bonds is 15. The fraction of sp³-hybridized carbons (Fsp3) is 0.553. The monoisotopic (exact) mass is 615 g/mol. The van der Waals surface area contributed by atoms with Crippen LogP contribution in [0.15, 0.2) is 54.6 Å². The summed E-state index contributed by atoms with van der Waals surface area (Å²) < 4.78 is 5.57. The van der Waals surface area contributed by atoms with Crippen molar-refractivity contribution in [1.82, 2.24) is 15.5 Å². The molecule has 7 heteroatoms. The Balaban J connectivity index is 2.03. The van der Waals surface area contributed by atoms with Crippen LogP contribution in [-0.4, -0.2) is 47.0 Å². The third kappa shape index (κ3) is 11.9. The SMILES string of the molecule is C#Cc1ccccc1C(C(=O)NC1CCCCC1)N(CCCCCCCC)C(=O)C(Cc1ccccc1)NC(=O)OC(C)(C)C. The highest BCUT2D eigenvalue weighted by molar-refractivity contribution is 5.92. The average Bonchev–Trinajstić information content (AvgIpc) is 3.01. The number of terminal acetylenes is 1. The van der Waals surface area contributed by atoms with Crippen LogP contribution in [-0.2, 0) is 20.7 Å². The van der Waals surface area contributed by atoms with Gasteiger partial charge in [0.15, 0.2) is 0 Å². The number of carbonyl (C=O) groups excluding carboxylic acids is 3. The zero-order valence-corrected chi connectivity index (χ0v) is 27.8. The van der Waals surface area contributed by atoms with Crippen LogP contribution in [0.4, 0.5) is 4.79 Å². The molecule has 45 heavy (non-hydrogen) atoms. The smallest absolute Gasteiger partial charge is 0.408 e. The van der Waals surface area contributed by atoms with Crippen molar-refractivity contribution >= 4 is 17.9 Å². The van der Waals surface area contributed by atoms with Crippen LogP contribution >= 0.6 is 0 Å². The molecule has 0 aliphatic heterocycles. The minimum Gasteiger partial charge on any atom is -0.444 e. The molecule has 1 aliphatic rings. The maximum Gasteiger partial charge on any atom is 0.408 e. The molecule has 1 aliphatic carbocycles. The third-order valence-corrected chi connectivity index (χ3v) is 8.23. The number of carbonyl (C=O) groups is 3. The molecule has 0 heterocycles. The van der Waals surface area contributed by atoms with Crippen molar-refractivity contribution in [1.29, 1.82) is 0 Å². The van der Waals surface area contributed by atoms with Gasteiger partial charge in [0.2, 0.25) is 11.8 Å². The molecule has 0 bridgehead atoms. The molecule has 0 aromatic heterocycles. The molecule has 0 saturated heterocycles. The summed E-state index contributed by atoms with van der Waals surface area (Å²) in [5.74, 6) is 2.16. The van der Waals surface area contributed by atoms with E-state index < -0.39 is 23.8 Å². The first-order chi connectivity index (χ1) is 21.6. The van der Waals surface area contributed by atoms with Crippen molar-refractivity contribution in [2.45, 2.75) is 128 Å². The van der Waals surface area contributed by atoms with E-state index in [9.17, 15) is 14.4 Å². The van der Waals surface area contributed by atoms with E-state index in [1.807, 2.05) is 54.6 Å². The van der Waals surface area contributed by atoms with Gasteiger partial charge in [0.25, 0.3) is 0 Å². The standard InChI is InChI=1S/C38H53N3O4/c1-6-8-9-10-11-20-27-41(36(43)33(28-29-21-14-12-15-22-29)40-37(44)45-38(3,4)5)34(32-26-19-18-23-30(32)7-2)35(42)39-31-24-16-13-17-25-31/h2,12,14-15,18-19,21-23,26,31,33-34H,6,8-11,13,16-17,20,24-25,27-28H2,1,3-5H3,(H,39,42)(H,40,44). The Morgan fingerprint density at radius 3 is 2.24 bits per heavy atom. The molecule has 0 spiro atoms. The summed E-state index contributed by atoms with van der Waals surface area (Å²) in [6.07, 6.45) is 16.8. The van der Waals surface area contributed by atoms with Gasteiger partial charge in [-0.15, -0.1) is 6.42 Å². The van der Waals surface area contributed by atoms with Gasteiger partial charge >= 0.3 is 6.09 Å². The van der Waals surface area contributed by atoms with Gasteiger partial charge in [-0.1, -0.05) is 113 Å². The summed E-state index contributed by atoms with van der Waals surface area (Å²) in [4.78, 5) is 43.8. The highest BCUT2D eigenvalue weighted by Crippen LogP contribution is 2.28. The molecule has 2 aromatic carbocycles. The lowest BCUT2D eigenvalue weighted by molar-refractivity contribution is -0.143. The van der Waals surface area contributed by atoms with Gasteiger partial charge in [0.1, 0.15) is 17.7 Å². The molecular weight excluding hydrogens is 562 g/mol. The first-order valence-electron chi connectivity index (χ1n) is 16.8. The second kappa shape index (κ2) is 18.2. The number of unbranched alkanes of at least 4 members (excludes halogenated alkanes) is 5. The zero-order valence-electron chi connectivity index (χ0n) is 27.8. The van der Waals surface area contributed by atoms with Crippen LogP contribution < -0.4 is 10.6 Å². The van der Waals surface area contributed by atoms with E-state index in [0.29, 0.717) is 17.7 Å². The van der Waals surface area contributed by atoms with Crippen LogP contribution in [0.5, 0.6) is 0 Å². The lowest BCUT2D eigenvalue weighted by atomic mass is 9.93. The predicted molar refractivity (Wildman–Crippen MR) is 181 cm³/mol. The Morgan fingerprint density at radius 1 is 0.933 bits per heavy atom. The fourth-order valence-corrected chi connectivity index (χ4v) is 5.97. The Bertz CT molecular complexity index is 1260. The van der Waals surface area contributed by atoms with Crippen molar-refractivity contribution < 1.29 is 19.1 Å². The number of hydrogen-bond acceptors (Lipinski definition) is 4. The van der Waals surface area contributed by atoms with Crippen LogP contribution in [0, 0.1) is 12.3 Å². The van der Waals surface area contributed by atoms with Crippen LogP contribution in [0.1, 0.15) is 121 Å². The van der Waals surface area contributed by atoms with Gasteiger partial charge < -0.3 is 20.3 Å². The summed E-state index contributed by atoms with van der Waals surface area (Å²) >= 11 is 0. The minimum atomic E-state index is -0.953. The summed E-state index contributed by atoms with van der Waals surface area (Å²) in [6, 6.07) is 15.1. The highest BCUT2D eigenvalue weighted by atomic mass is 16.6. The second-order valence-electron chi connectivity index (χ2n) is 13.2. The van der Waals surface area contributed by atoms with E-state index in [2.05, 4.69) is 23.5 Å². The summed E-state index contributed by atoms with van der Waals surface area (Å²) in [6.45, 7) is 7.90. The quantitative estimate of drug-likeness (QED) is 0.161. The normalized spacial score (nSPS) is 14.9. The predicted octanol–water partition coefficient (Wildman–Crippen LogP) is 7.48. The second-order valence-corrected chi connectivity index (χ2v) is 13.2. The number of nitrogens with one attached hydrogen (secondary N) is 2. The largest absolute Gasteiger partial charge is 0.444 e. The van der Waals surface area contributed by atoms with E-state index in [-0.39, 0.29) is 24.3 Å². The zero-order chi connectivity index (χ0) is 32.7. The van der Waals surface area contributed by atoms with Crippen molar-refractivity contribution in [3.63, 3.8) is 0 Å². The number of benzene rings is 2. The Hall–Kier alpha value is -3.79. The molecule has 3 rings (SSSR count). The topological polar surface area (TPSA) is 87.7 Å². The van der Waals surface area contributed by atoms with Crippen molar-refractivity contribution in [2.75, 3.05) is 6.54 Å². The number of nitrogens with zero attached hydrogens (tertiary/aromatic N) is 1. The van der Waals surface area contributed by atoms with E-state index in [4.69, 9.17) is 11.2 Å². The molecule has 244 valence electrons. The molecule has 2 unspecified atom stereocenters. The van der Waals surface area contributed by atoms with Crippen molar-refractivity contribution in [3.8, 4) is 12.3 Å². The Kier molecular flexibility index (Phi) is 14.5. The molecule has 3 amide bonds. The van der Waals surface area contributed by atoms with E-state index in [1.54, 1.807) is 25.7 Å². The van der Waals surface area contributed by atoms with E-state index >= 15 is 0 Å².